The van der Waals surface area contributed by atoms with Crippen molar-refractivity contribution in [3.8, 4) is 0 Å². The van der Waals surface area contributed by atoms with Crippen LogP contribution in [0.4, 0.5) is 0 Å². The number of hydrogen-bond acceptors (Lipinski definition) is 4. The zero-order chi connectivity index (χ0) is 13.6. The van der Waals surface area contributed by atoms with E-state index in [1.165, 1.54) is 0 Å². The van der Waals surface area contributed by atoms with Crippen LogP contribution < -0.4 is 5.32 Å². The quantitative estimate of drug-likeness (QED) is 0.586. The van der Waals surface area contributed by atoms with Crippen LogP contribution in [0.5, 0.6) is 0 Å². The zero-order valence-corrected chi connectivity index (χ0v) is 12.1. The smallest absolute Gasteiger partial charge is 0.329 e. The molecule has 0 saturated carbocycles. The minimum absolute atomic E-state index is 0.0669. The highest BCUT2D eigenvalue weighted by atomic mass is 32.1. The average molecular weight is 261 g/mol. The summed E-state index contributed by atoms with van der Waals surface area (Å²) in [7, 11) is 0. The Kier molecular flexibility index (Phi) is 6.60. The van der Waals surface area contributed by atoms with Gasteiger partial charge in [0.15, 0.2) is 0 Å². The average Bonchev–Trinajstić information content (AvgIpc) is 2.13. The first kappa shape index (κ1) is 16.3. The third kappa shape index (κ3) is 8.07. The SMILES string of the molecule is CC(C)C[C@H](NC(=O)CS)C(=O)OC(C)(C)C. The molecule has 0 saturated heterocycles. The van der Waals surface area contributed by atoms with Crippen molar-refractivity contribution in [2.45, 2.75) is 52.7 Å². The molecule has 0 aliphatic rings. The molecule has 1 amide bonds. The predicted octanol–water partition coefficient (Wildman–Crippen LogP) is 1.79. The van der Waals surface area contributed by atoms with Crippen molar-refractivity contribution in [2.75, 3.05) is 5.75 Å². The fourth-order valence-corrected chi connectivity index (χ4v) is 1.39. The number of ether oxygens (including phenoxy) is 1. The molecule has 0 fully saturated rings. The van der Waals surface area contributed by atoms with Gasteiger partial charge in [-0.3, -0.25) is 4.79 Å². The van der Waals surface area contributed by atoms with Crippen LogP contribution in [-0.4, -0.2) is 29.3 Å². The number of carbonyl (C=O) groups excluding carboxylic acids is 2. The number of esters is 1. The van der Waals surface area contributed by atoms with E-state index in [2.05, 4.69) is 17.9 Å². The van der Waals surface area contributed by atoms with Gasteiger partial charge in [-0.2, -0.15) is 12.6 Å². The van der Waals surface area contributed by atoms with Crippen molar-refractivity contribution in [1.29, 1.82) is 0 Å². The van der Waals surface area contributed by atoms with Gasteiger partial charge in [0.1, 0.15) is 11.6 Å². The molecule has 0 rings (SSSR count). The standard InChI is InChI=1S/C12H23NO3S/c1-8(2)6-9(13-10(14)7-17)11(15)16-12(3,4)5/h8-9,17H,6-7H2,1-5H3,(H,13,14)/t9-/m0/s1. The molecule has 0 aliphatic carbocycles. The fourth-order valence-electron chi connectivity index (χ4n) is 1.30. The first-order chi connectivity index (χ1) is 7.65. The number of amides is 1. The van der Waals surface area contributed by atoms with Gasteiger partial charge in [-0.1, -0.05) is 13.8 Å². The Morgan fingerprint density at radius 3 is 2.18 bits per heavy atom. The summed E-state index contributed by atoms with van der Waals surface area (Å²) in [6.07, 6.45) is 0.564. The lowest BCUT2D eigenvalue weighted by molar-refractivity contribution is -0.159. The molecular weight excluding hydrogens is 238 g/mol. The maximum Gasteiger partial charge on any atom is 0.329 e. The Labute approximate surface area is 109 Å². The summed E-state index contributed by atoms with van der Waals surface area (Å²) in [5, 5.41) is 2.63. The molecule has 0 aromatic rings. The molecule has 0 bridgehead atoms. The third-order valence-corrected chi connectivity index (χ3v) is 2.16. The molecule has 0 spiro atoms. The van der Waals surface area contributed by atoms with Crippen LogP contribution in [0.15, 0.2) is 0 Å². The zero-order valence-electron chi connectivity index (χ0n) is 11.2. The minimum Gasteiger partial charge on any atom is -0.458 e. The summed E-state index contributed by atoms with van der Waals surface area (Å²) in [6.45, 7) is 9.39. The normalized spacial score (nSPS) is 13.4. The Bertz CT molecular complexity index is 271. The van der Waals surface area contributed by atoms with E-state index in [9.17, 15) is 9.59 Å². The van der Waals surface area contributed by atoms with Crippen molar-refractivity contribution in [3.63, 3.8) is 0 Å². The largest absolute Gasteiger partial charge is 0.458 e. The van der Waals surface area contributed by atoms with E-state index in [0.29, 0.717) is 12.3 Å². The first-order valence-electron chi connectivity index (χ1n) is 5.78. The van der Waals surface area contributed by atoms with Gasteiger partial charge in [0.25, 0.3) is 0 Å². The monoisotopic (exact) mass is 261 g/mol. The maximum absolute atomic E-state index is 11.9. The van der Waals surface area contributed by atoms with E-state index in [4.69, 9.17) is 4.74 Å². The van der Waals surface area contributed by atoms with Gasteiger partial charge in [0.2, 0.25) is 5.91 Å². The maximum atomic E-state index is 11.9. The molecule has 1 atom stereocenters. The van der Waals surface area contributed by atoms with Crippen molar-refractivity contribution >= 4 is 24.5 Å². The second-order valence-corrected chi connectivity index (χ2v) is 5.76. The summed E-state index contributed by atoms with van der Waals surface area (Å²) < 4.78 is 5.27. The predicted molar refractivity (Wildman–Crippen MR) is 71.1 cm³/mol. The van der Waals surface area contributed by atoms with E-state index in [-0.39, 0.29) is 17.6 Å². The van der Waals surface area contributed by atoms with Crippen molar-refractivity contribution in [1.82, 2.24) is 5.32 Å². The Morgan fingerprint density at radius 2 is 1.82 bits per heavy atom. The van der Waals surface area contributed by atoms with Crippen molar-refractivity contribution in [3.05, 3.63) is 0 Å². The summed E-state index contributed by atoms with van der Waals surface area (Å²) in [6, 6.07) is -0.589. The Balaban J connectivity index is 4.56. The van der Waals surface area contributed by atoms with Gasteiger partial charge in [-0.05, 0) is 33.1 Å². The second kappa shape index (κ2) is 6.89. The highest BCUT2D eigenvalue weighted by Gasteiger charge is 2.26. The molecule has 0 aliphatic heterocycles. The van der Waals surface area contributed by atoms with Crippen LogP contribution in [-0.2, 0) is 14.3 Å². The molecule has 0 radical (unpaired) electrons. The molecule has 17 heavy (non-hydrogen) atoms. The number of rotatable bonds is 5. The molecule has 0 aromatic heterocycles. The van der Waals surface area contributed by atoms with E-state index in [1.54, 1.807) is 20.8 Å². The van der Waals surface area contributed by atoms with E-state index >= 15 is 0 Å². The van der Waals surface area contributed by atoms with Gasteiger partial charge in [0.05, 0.1) is 5.75 Å². The molecule has 4 nitrogen and oxygen atoms in total. The lowest BCUT2D eigenvalue weighted by Gasteiger charge is -2.25. The number of hydrogen-bond donors (Lipinski definition) is 2. The summed E-state index contributed by atoms with van der Waals surface area (Å²) >= 11 is 3.87. The lowest BCUT2D eigenvalue weighted by atomic mass is 10.0. The third-order valence-electron chi connectivity index (χ3n) is 1.88. The first-order valence-corrected chi connectivity index (χ1v) is 6.42. The van der Waals surface area contributed by atoms with E-state index in [1.807, 2.05) is 13.8 Å². The van der Waals surface area contributed by atoms with Gasteiger partial charge >= 0.3 is 5.97 Å². The van der Waals surface area contributed by atoms with Crippen LogP contribution in [0.3, 0.4) is 0 Å². The summed E-state index contributed by atoms with van der Waals surface area (Å²) in [5.41, 5.74) is -0.544. The minimum atomic E-state index is -0.589. The molecule has 0 heterocycles. The number of thiol groups is 1. The summed E-state index contributed by atoms with van der Waals surface area (Å²) in [5.74, 6) is -0.281. The van der Waals surface area contributed by atoms with Gasteiger partial charge in [-0.15, -0.1) is 0 Å². The molecule has 100 valence electrons. The van der Waals surface area contributed by atoms with Crippen LogP contribution in [0, 0.1) is 5.92 Å². The van der Waals surface area contributed by atoms with Gasteiger partial charge < -0.3 is 10.1 Å². The van der Waals surface area contributed by atoms with E-state index < -0.39 is 11.6 Å². The highest BCUT2D eigenvalue weighted by Crippen LogP contribution is 2.12. The van der Waals surface area contributed by atoms with Crippen LogP contribution in [0.25, 0.3) is 0 Å². The number of nitrogens with one attached hydrogen (secondary N) is 1. The van der Waals surface area contributed by atoms with Crippen molar-refractivity contribution < 1.29 is 14.3 Å². The highest BCUT2D eigenvalue weighted by molar-refractivity contribution is 7.81. The molecule has 5 heteroatoms. The topological polar surface area (TPSA) is 55.4 Å². The van der Waals surface area contributed by atoms with Gasteiger partial charge in [-0.25, -0.2) is 4.79 Å². The Morgan fingerprint density at radius 1 is 1.29 bits per heavy atom. The second-order valence-electron chi connectivity index (χ2n) is 5.44. The Hall–Kier alpha value is -0.710. The molecule has 0 unspecified atom stereocenters. The molecule has 1 N–H and O–H groups in total. The van der Waals surface area contributed by atoms with Gasteiger partial charge in [0, 0.05) is 0 Å². The van der Waals surface area contributed by atoms with E-state index in [0.717, 1.165) is 0 Å². The summed E-state index contributed by atoms with van der Waals surface area (Å²) in [4.78, 5) is 23.2. The van der Waals surface area contributed by atoms with Crippen molar-refractivity contribution in [2.24, 2.45) is 5.92 Å². The molecule has 0 aromatic carbocycles. The van der Waals surface area contributed by atoms with Crippen LogP contribution in [0.1, 0.15) is 41.0 Å². The fraction of sp³-hybridized carbons (Fsp3) is 0.833. The number of carbonyl (C=O) groups is 2. The van der Waals surface area contributed by atoms with Crippen LogP contribution in [0.2, 0.25) is 0 Å². The lowest BCUT2D eigenvalue weighted by Crippen LogP contribution is -2.45. The molecular formula is C12H23NO3S. The van der Waals surface area contributed by atoms with Crippen LogP contribution >= 0.6 is 12.6 Å².